The molecule has 1 aliphatic rings. The minimum atomic E-state index is -0.545. The van der Waals surface area contributed by atoms with E-state index in [9.17, 15) is 9.59 Å². The van der Waals surface area contributed by atoms with Gasteiger partial charge in [-0.3, -0.25) is 4.79 Å². The number of carbonyl (C=O) groups is 2. The standard InChI is InChI=1S/C16H22N2O4/c1-3-21-16(20)18-11-9-17(10-12-18)15(19)13(2)22-14-7-5-4-6-8-14/h4-8,13H,3,9-12H2,1-2H3/t13-/m0/s1. The minimum absolute atomic E-state index is 0.0626. The number of amides is 2. The van der Waals surface area contributed by atoms with Crippen LogP contribution in [0.2, 0.25) is 0 Å². The fraction of sp³-hybridized carbons (Fsp3) is 0.500. The molecule has 6 nitrogen and oxygen atoms in total. The molecule has 120 valence electrons. The summed E-state index contributed by atoms with van der Waals surface area (Å²) in [6.07, 6.45) is -0.861. The quantitative estimate of drug-likeness (QED) is 0.850. The van der Waals surface area contributed by atoms with Crippen LogP contribution in [0.5, 0.6) is 5.75 Å². The molecule has 0 aliphatic carbocycles. The van der Waals surface area contributed by atoms with Gasteiger partial charge in [-0.2, -0.15) is 0 Å². The van der Waals surface area contributed by atoms with Gasteiger partial charge in [-0.05, 0) is 26.0 Å². The Bertz CT molecular complexity index is 498. The lowest BCUT2D eigenvalue weighted by atomic mass is 10.2. The van der Waals surface area contributed by atoms with Gasteiger partial charge in [-0.15, -0.1) is 0 Å². The van der Waals surface area contributed by atoms with E-state index in [0.717, 1.165) is 0 Å². The van der Waals surface area contributed by atoms with Gasteiger partial charge in [0.2, 0.25) is 0 Å². The molecule has 1 aromatic carbocycles. The average molecular weight is 306 g/mol. The number of benzene rings is 1. The molecule has 1 aromatic rings. The molecule has 1 saturated heterocycles. The van der Waals surface area contributed by atoms with E-state index >= 15 is 0 Å². The Morgan fingerprint density at radius 3 is 2.27 bits per heavy atom. The second-order valence-corrected chi connectivity index (χ2v) is 5.08. The third kappa shape index (κ3) is 4.13. The van der Waals surface area contributed by atoms with Crippen LogP contribution in [-0.4, -0.2) is 60.7 Å². The van der Waals surface area contributed by atoms with E-state index in [-0.39, 0.29) is 12.0 Å². The monoisotopic (exact) mass is 306 g/mol. The lowest BCUT2D eigenvalue weighted by molar-refractivity contribution is -0.139. The van der Waals surface area contributed by atoms with E-state index in [1.807, 2.05) is 30.3 Å². The van der Waals surface area contributed by atoms with Gasteiger partial charge in [0.15, 0.2) is 6.10 Å². The first-order valence-corrected chi connectivity index (χ1v) is 7.54. The van der Waals surface area contributed by atoms with Crippen molar-refractivity contribution in [2.75, 3.05) is 32.8 Å². The third-order valence-corrected chi connectivity index (χ3v) is 3.52. The SMILES string of the molecule is CCOC(=O)N1CCN(C(=O)[C@H](C)Oc2ccccc2)CC1. The summed E-state index contributed by atoms with van der Waals surface area (Å²) in [7, 11) is 0. The van der Waals surface area contributed by atoms with Crippen molar-refractivity contribution in [3.05, 3.63) is 30.3 Å². The lowest BCUT2D eigenvalue weighted by Gasteiger charge is -2.35. The minimum Gasteiger partial charge on any atom is -0.481 e. The number of hydrogen-bond acceptors (Lipinski definition) is 4. The predicted molar refractivity (Wildman–Crippen MR) is 81.7 cm³/mol. The van der Waals surface area contributed by atoms with Crippen molar-refractivity contribution in [3.63, 3.8) is 0 Å². The van der Waals surface area contributed by atoms with Crippen LogP contribution in [0.4, 0.5) is 4.79 Å². The van der Waals surface area contributed by atoms with Gasteiger partial charge in [0.05, 0.1) is 6.61 Å². The van der Waals surface area contributed by atoms with Gasteiger partial charge in [0, 0.05) is 26.2 Å². The summed E-state index contributed by atoms with van der Waals surface area (Å²) in [5.74, 6) is 0.612. The Hall–Kier alpha value is -2.24. The van der Waals surface area contributed by atoms with E-state index in [1.54, 1.807) is 23.6 Å². The molecule has 1 atom stereocenters. The molecule has 22 heavy (non-hydrogen) atoms. The highest BCUT2D eigenvalue weighted by molar-refractivity contribution is 5.81. The summed E-state index contributed by atoms with van der Waals surface area (Å²) in [6, 6.07) is 9.27. The van der Waals surface area contributed by atoms with Crippen LogP contribution < -0.4 is 4.74 Å². The normalized spacial score (nSPS) is 16.1. The molecule has 1 fully saturated rings. The zero-order chi connectivity index (χ0) is 15.9. The fourth-order valence-electron chi connectivity index (χ4n) is 2.33. The molecule has 0 bridgehead atoms. The van der Waals surface area contributed by atoms with Crippen LogP contribution in [0, 0.1) is 0 Å². The number of carbonyl (C=O) groups excluding carboxylic acids is 2. The zero-order valence-electron chi connectivity index (χ0n) is 13.0. The van der Waals surface area contributed by atoms with Crippen molar-refractivity contribution in [3.8, 4) is 5.75 Å². The van der Waals surface area contributed by atoms with Crippen LogP contribution >= 0.6 is 0 Å². The molecular formula is C16H22N2O4. The van der Waals surface area contributed by atoms with Gasteiger partial charge in [-0.1, -0.05) is 18.2 Å². The summed E-state index contributed by atoms with van der Waals surface area (Å²) in [5.41, 5.74) is 0. The topological polar surface area (TPSA) is 59.1 Å². The third-order valence-electron chi connectivity index (χ3n) is 3.52. The molecule has 2 amide bonds. The van der Waals surface area contributed by atoms with E-state index in [4.69, 9.17) is 9.47 Å². The lowest BCUT2D eigenvalue weighted by Crippen LogP contribution is -2.53. The molecule has 0 unspecified atom stereocenters. The number of nitrogens with zero attached hydrogens (tertiary/aromatic N) is 2. The average Bonchev–Trinajstić information content (AvgIpc) is 2.55. The van der Waals surface area contributed by atoms with Gasteiger partial charge >= 0.3 is 6.09 Å². The number of hydrogen-bond donors (Lipinski definition) is 0. The fourth-order valence-corrected chi connectivity index (χ4v) is 2.33. The Morgan fingerprint density at radius 2 is 1.68 bits per heavy atom. The van der Waals surface area contributed by atoms with Crippen LogP contribution in [-0.2, 0) is 9.53 Å². The van der Waals surface area contributed by atoms with Crippen LogP contribution in [0.15, 0.2) is 30.3 Å². The number of ether oxygens (including phenoxy) is 2. The van der Waals surface area contributed by atoms with E-state index in [2.05, 4.69) is 0 Å². The first kappa shape index (κ1) is 16.1. The maximum Gasteiger partial charge on any atom is 0.409 e. The number of piperazine rings is 1. The molecule has 6 heteroatoms. The first-order chi connectivity index (χ1) is 10.6. The molecule has 1 heterocycles. The molecule has 0 N–H and O–H groups in total. The summed E-state index contributed by atoms with van der Waals surface area (Å²) in [6.45, 7) is 5.86. The van der Waals surface area contributed by atoms with E-state index < -0.39 is 6.10 Å². The van der Waals surface area contributed by atoms with Gasteiger partial charge < -0.3 is 19.3 Å². The highest BCUT2D eigenvalue weighted by atomic mass is 16.6. The largest absolute Gasteiger partial charge is 0.481 e. The predicted octanol–water partition coefficient (Wildman–Crippen LogP) is 1.75. The Labute approximate surface area is 130 Å². The van der Waals surface area contributed by atoms with Crippen molar-refractivity contribution < 1.29 is 19.1 Å². The smallest absolute Gasteiger partial charge is 0.409 e. The molecule has 2 rings (SSSR count). The van der Waals surface area contributed by atoms with Crippen molar-refractivity contribution in [1.29, 1.82) is 0 Å². The summed E-state index contributed by atoms with van der Waals surface area (Å²) in [5, 5.41) is 0. The van der Waals surface area contributed by atoms with Crippen molar-refractivity contribution in [1.82, 2.24) is 9.80 Å². The molecule has 0 saturated carbocycles. The van der Waals surface area contributed by atoms with Crippen molar-refractivity contribution in [2.45, 2.75) is 20.0 Å². The van der Waals surface area contributed by atoms with Crippen molar-refractivity contribution in [2.24, 2.45) is 0 Å². The highest BCUT2D eigenvalue weighted by Gasteiger charge is 2.28. The molecule has 0 radical (unpaired) electrons. The second-order valence-electron chi connectivity index (χ2n) is 5.08. The molecular weight excluding hydrogens is 284 g/mol. The number of rotatable bonds is 4. The maximum atomic E-state index is 12.4. The molecule has 0 aromatic heterocycles. The van der Waals surface area contributed by atoms with Crippen molar-refractivity contribution >= 4 is 12.0 Å². The van der Waals surface area contributed by atoms with Gasteiger partial charge in [0.25, 0.3) is 5.91 Å². The van der Waals surface area contributed by atoms with Crippen LogP contribution in [0.1, 0.15) is 13.8 Å². The van der Waals surface area contributed by atoms with E-state index in [0.29, 0.717) is 38.5 Å². The van der Waals surface area contributed by atoms with Gasteiger partial charge in [-0.25, -0.2) is 4.79 Å². The summed E-state index contributed by atoms with van der Waals surface area (Å²) in [4.78, 5) is 27.3. The second kappa shape index (κ2) is 7.68. The Kier molecular flexibility index (Phi) is 5.63. The first-order valence-electron chi connectivity index (χ1n) is 7.54. The molecule has 1 aliphatic heterocycles. The zero-order valence-corrected chi connectivity index (χ0v) is 13.0. The van der Waals surface area contributed by atoms with E-state index in [1.165, 1.54) is 0 Å². The van der Waals surface area contributed by atoms with Gasteiger partial charge in [0.1, 0.15) is 5.75 Å². The summed E-state index contributed by atoms with van der Waals surface area (Å²) < 4.78 is 10.6. The van der Waals surface area contributed by atoms with Crippen LogP contribution in [0.25, 0.3) is 0 Å². The molecule has 0 spiro atoms. The number of para-hydroxylation sites is 1. The highest BCUT2D eigenvalue weighted by Crippen LogP contribution is 2.13. The summed E-state index contributed by atoms with van der Waals surface area (Å²) >= 11 is 0. The van der Waals surface area contributed by atoms with Crippen LogP contribution in [0.3, 0.4) is 0 Å². The Balaban J connectivity index is 1.83. The Morgan fingerprint density at radius 1 is 1.09 bits per heavy atom. The maximum absolute atomic E-state index is 12.4.